The molecule has 2 aromatic rings. The predicted molar refractivity (Wildman–Crippen MR) is 90.6 cm³/mol. The quantitative estimate of drug-likeness (QED) is 0.868. The minimum atomic E-state index is 0.401. The van der Waals surface area contributed by atoms with Gasteiger partial charge in [-0.2, -0.15) is 0 Å². The number of rotatable bonds is 4. The molecule has 1 aromatic heterocycles. The van der Waals surface area contributed by atoms with Crippen molar-refractivity contribution in [1.29, 1.82) is 0 Å². The smallest absolute Gasteiger partial charge is 0.247 e. The summed E-state index contributed by atoms with van der Waals surface area (Å²) in [6.45, 7) is 2.25. The molecule has 4 rings (SSSR count). The number of likely N-dealkylation sites (tertiary alicyclic amines) is 1. The van der Waals surface area contributed by atoms with E-state index in [2.05, 4.69) is 32.1 Å². The highest BCUT2D eigenvalue weighted by Gasteiger charge is 2.34. The SMILES string of the molecule is CN(C)c1ccc(-c2nnc(C3CCN(C4CCC4)C3)o2)cc1. The molecule has 23 heavy (non-hydrogen) atoms. The minimum absolute atomic E-state index is 0.401. The van der Waals surface area contributed by atoms with Gasteiger partial charge in [-0.25, -0.2) is 0 Å². The Morgan fingerprint density at radius 3 is 2.52 bits per heavy atom. The number of anilines is 1. The van der Waals surface area contributed by atoms with Crippen LogP contribution in [0.15, 0.2) is 28.7 Å². The maximum Gasteiger partial charge on any atom is 0.247 e. The molecule has 5 heteroatoms. The highest BCUT2D eigenvalue weighted by Crippen LogP contribution is 2.34. The van der Waals surface area contributed by atoms with Crippen LogP contribution in [0.25, 0.3) is 11.5 Å². The zero-order chi connectivity index (χ0) is 15.8. The lowest BCUT2D eigenvalue weighted by atomic mass is 9.92. The van der Waals surface area contributed by atoms with Gasteiger partial charge in [-0.1, -0.05) is 6.42 Å². The Kier molecular flexibility index (Phi) is 3.81. The molecule has 2 fully saturated rings. The maximum absolute atomic E-state index is 5.97. The first kappa shape index (κ1) is 14.7. The van der Waals surface area contributed by atoms with E-state index < -0.39 is 0 Å². The number of hydrogen-bond donors (Lipinski definition) is 0. The van der Waals surface area contributed by atoms with Crippen LogP contribution in [-0.4, -0.2) is 48.3 Å². The highest BCUT2D eigenvalue weighted by molar-refractivity contribution is 5.58. The zero-order valence-electron chi connectivity index (χ0n) is 13.9. The summed E-state index contributed by atoms with van der Waals surface area (Å²) in [5.74, 6) is 1.84. The third-order valence-corrected chi connectivity index (χ3v) is 5.23. The van der Waals surface area contributed by atoms with Gasteiger partial charge < -0.3 is 9.32 Å². The van der Waals surface area contributed by atoms with Gasteiger partial charge >= 0.3 is 0 Å². The lowest BCUT2D eigenvalue weighted by molar-refractivity contribution is 0.156. The van der Waals surface area contributed by atoms with Gasteiger partial charge in [0.25, 0.3) is 0 Å². The molecule has 1 atom stereocenters. The van der Waals surface area contributed by atoms with Crippen molar-refractivity contribution < 1.29 is 4.42 Å². The Morgan fingerprint density at radius 2 is 1.87 bits per heavy atom. The Labute approximate surface area is 137 Å². The molecule has 5 nitrogen and oxygen atoms in total. The van der Waals surface area contributed by atoms with Crippen molar-refractivity contribution in [2.75, 3.05) is 32.1 Å². The molecule has 1 unspecified atom stereocenters. The lowest BCUT2D eigenvalue weighted by Gasteiger charge is -2.34. The van der Waals surface area contributed by atoms with Crippen molar-refractivity contribution in [2.24, 2.45) is 0 Å². The molecular weight excluding hydrogens is 288 g/mol. The van der Waals surface area contributed by atoms with Crippen molar-refractivity contribution in [3.63, 3.8) is 0 Å². The van der Waals surface area contributed by atoms with Gasteiger partial charge in [0, 0.05) is 37.9 Å². The molecule has 0 bridgehead atoms. The summed E-state index contributed by atoms with van der Waals surface area (Å²) in [4.78, 5) is 4.68. The Morgan fingerprint density at radius 1 is 1.09 bits per heavy atom. The van der Waals surface area contributed by atoms with Gasteiger partial charge in [0.15, 0.2) is 0 Å². The van der Waals surface area contributed by atoms with E-state index in [4.69, 9.17) is 4.42 Å². The highest BCUT2D eigenvalue weighted by atomic mass is 16.4. The molecule has 1 saturated heterocycles. The summed E-state index contributed by atoms with van der Waals surface area (Å²) in [6, 6.07) is 9.05. The van der Waals surface area contributed by atoms with Crippen LogP contribution in [0.4, 0.5) is 5.69 Å². The molecule has 2 heterocycles. The summed E-state index contributed by atoms with van der Waals surface area (Å²) < 4.78 is 5.97. The van der Waals surface area contributed by atoms with Gasteiger partial charge in [-0.05, 0) is 50.1 Å². The molecule has 1 aliphatic heterocycles. The van der Waals surface area contributed by atoms with Crippen molar-refractivity contribution in [3.8, 4) is 11.5 Å². The van der Waals surface area contributed by atoms with Crippen LogP contribution in [-0.2, 0) is 0 Å². The third kappa shape index (κ3) is 2.85. The van der Waals surface area contributed by atoms with Crippen LogP contribution >= 0.6 is 0 Å². The van der Waals surface area contributed by atoms with Gasteiger partial charge in [0.2, 0.25) is 11.8 Å². The fourth-order valence-corrected chi connectivity index (χ4v) is 3.49. The summed E-state index contributed by atoms with van der Waals surface area (Å²) in [5, 5.41) is 8.58. The van der Waals surface area contributed by atoms with Crippen LogP contribution in [0.1, 0.15) is 37.5 Å². The van der Waals surface area contributed by atoms with Crippen molar-refractivity contribution >= 4 is 5.69 Å². The van der Waals surface area contributed by atoms with Crippen molar-refractivity contribution in [2.45, 2.75) is 37.6 Å². The van der Waals surface area contributed by atoms with Crippen LogP contribution in [0, 0.1) is 0 Å². The molecule has 0 spiro atoms. The fraction of sp³-hybridized carbons (Fsp3) is 0.556. The molecular formula is C18H24N4O. The zero-order valence-corrected chi connectivity index (χ0v) is 13.9. The second kappa shape index (κ2) is 5.96. The van der Waals surface area contributed by atoms with Crippen molar-refractivity contribution in [1.82, 2.24) is 15.1 Å². The van der Waals surface area contributed by atoms with E-state index in [1.54, 1.807) is 0 Å². The monoisotopic (exact) mass is 312 g/mol. The standard InChI is InChI=1S/C18H24N4O/c1-21(2)15-8-6-13(7-9-15)17-19-20-18(23-17)14-10-11-22(12-14)16-4-3-5-16/h6-9,14,16H,3-5,10-12H2,1-2H3. The van der Waals surface area contributed by atoms with Crippen LogP contribution < -0.4 is 4.90 Å². The Bertz CT molecular complexity index is 660. The fourth-order valence-electron chi connectivity index (χ4n) is 3.49. The molecule has 122 valence electrons. The van der Waals surface area contributed by atoms with Gasteiger partial charge in [0.1, 0.15) is 0 Å². The molecule has 1 aliphatic carbocycles. The second-order valence-electron chi connectivity index (χ2n) is 6.95. The van der Waals surface area contributed by atoms with Crippen LogP contribution in [0.5, 0.6) is 0 Å². The summed E-state index contributed by atoms with van der Waals surface area (Å²) >= 11 is 0. The number of hydrogen-bond acceptors (Lipinski definition) is 5. The normalized spacial score (nSPS) is 22.3. The van der Waals surface area contributed by atoms with E-state index in [1.165, 1.54) is 31.5 Å². The second-order valence-corrected chi connectivity index (χ2v) is 6.95. The van der Waals surface area contributed by atoms with Gasteiger partial charge in [0.05, 0.1) is 5.92 Å². The Hall–Kier alpha value is -1.88. The van der Waals surface area contributed by atoms with E-state index in [-0.39, 0.29) is 0 Å². The summed E-state index contributed by atoms with van der Waals surface area (Å²) in [6.07, 6.45) is 5.25. The summed E-state index contributed by atoms with van der Waals surface area (Å²) in [5.41, 5.74) is 2.16. The molecule has 0 N–H and O–H groups in total. The predicted octanol–water partition coefficient (Wildman–Crippen LogP) is 3.14. The van der Waals surface area contributed by atoms with E-state index in [0.717, 1.165) is 30.5 Å². The van der Waals surface area contributed by atoms with Crippen molar-refractivity contribution in [3.05, 3.63) is 30.2 Å². The average molecular weight is 312 g/mol. The van der Waals surface area contributed by atoms with E-state index >= 15 is 0 Å². The molecule has 1 saturated carbocycles. The van der Waals surface area contributed by atoms with Gasteiger partial charge in [-0.3, -0.25) is 4.90 Å². The molecule has 2 aliphatic rings. The first-order valence-electron chi connectivity index (χ1n) is 8.56. The molecule has 1 aromatic carbocycles. The number of aromatic nitrogens is 2. The number of benzene rings is 1. The number of nitrogens with zero attached hydrogens (tertiary/aromatic N) is 4. The largest absolute Gasteiger partial charge is 0.420 e. The average Bonchev–Trinajstić information content (AvgIpc) is 3.14. The third-order valence-electron chi connectivity index (χ3n) is 5.23. The minimum Gasteiger partial charge on any atom is -0.420 e. The Balaban J connectivity index is 1.46. The van der Waals surface area contributed by atoms with Crippen LogP contribution in [0.2, 0.25) is 0 Å². The lowest BCUT2D eigenvalue weighted by Crippen LogP contribution is -2.38. The van der Waals surface area contributed by atoms with Crippen LogP contribution in [0.3, 0.4) is 0 Å². The maximum atomic E-state index is 5.97. The topological polar surface area (TPSA) is 45.4 Å². The first-order valence-corrected chi connectivity index (χ1v) is 8.56. The molecule has 0 radical (unpaired) electrons. The van der Waals surface area contributed by atoms with Gasteiger partial charge in [-0.15, -0.1) is 10.2 Å². The first-order chi connectivity index (χ1) is 11.2. The van der Waals surface area contributed by atoms with E-state index in [0.29, 0.717) is 11.8 Å². The van der Waals surface area contributed by atoms with E-state index in [9.17, 15) is 0 Å². The summed E-state index contributed by atoms with van der Waals surface area (Å²) in [7, 11) is 4.07. The van der Waals surface area contributed by atoms with E-state index in [1.807, 2.05) is 26.2 Å². The molecule has 0 amide bonds.